The van der Waals surface area contributed by atoms with Gasteiger partial charge in [-0.05, 0) is 43.3 Å². The zero-order chi connectivity index (χ0) is 19.6. The summed E-state index contributed by atoms with van der Waals surface area (Å²) >= 11 is 0. The number of piperazine rings is 1. The Bertz CT molecular complexity index is 850. The van der Waals surface area contributed by atoms with Crippen LogP contribution in [0.15, 0.2) is 42.5 Å². The average molecular weight is 370 g/mol. The van der Waals surface area contributed by atoms with Crippen molar-refractivity contribution in [1.82, 2.24) is 4.90 Å². The van der Waals surface area contributed by atoms with Crippen LogP contribution in [-0.2, 0) is 4.79 Å². The van der Waals surface area contributed by atoms with Crippen molar-refractivity contribution in [3.63, 3.8) is 0 Å². The number of hydrogen-bond donors (Lipinski definition) is 1. The number of benzene rings is 2. The SMILES string of the molecule is COc1ccc(N2CCN(C(=O)c3ccc(OC)cc3O)[C@H](C)C2=O)cc1. The number of phenols is 1. The maximum atomic E-state index is 12.8. The molecule has 1 heterocycles. The molecule has 0 aromatic heterocycles. The van der Waals surface area contributed by atoms with Gasteiger partial charge in [0.25, 0.3) is 5.91 Å². The van der Waals surface area contributed by atoms with Gasteiger partial charge >= 0.3 is 0 Å². The Morgan fingerprint density at radius 2 is 1.67 bits per heavy atom. The Kier molecular flexibility index (Phi) is 5.21. The molecule has 0 aliphatic carbocycles. The molecule has 142 valence electrons. The summed E-state index contributed by atoms with van der Waals surface area (Å²) in [4.78, 5) is 28.8. The van der Waals surface area contributed by atoms with Crippen LogP contribution in [0.25, 0.3) is 0 Å². The van der Waals surface area contributed by atoms with E-state index in [9.17, 15) is 14.7 Å². The quantitative estimate of drug-likeness (QED) is 0.893. The minimum atomic E-state index is -0.644. The minimum absolute atomic E-state index is 0.147. The van der Waals surface area contributed by atoms with E-state index in [1.807, 2.05) is 12.1 Å². The van der Waals surface area contributed by atoms with Crippen molar-refractivity contribution < 1.29 is 24.2 Å². The molecular weight excluding hydrogens is 348 g/mol. The Morgan fingerprint density at radius 3 is 2.26 bits per heavy atom. The average Bonchev–Trinajstić information content (AvgIpc) is 2.69. The molecule has 1 N–H and O–H groups in total. The Hall–Kier alpha value is -3.22. The van der Waals surface area contributed by atoms with Crippen molar-refractivity contribution in [2.24, 2.45) is 0 Å². The van der Waals surface area contributed by atoms with E-state index in [2.05, 4.69) is 0 Å². The molecule has 1 atom stereocenters. The number of phenolic OH excluding ortho intramolecular Hbond substituents is 1. The molecule has 0 unspecified atom stereocenters. The minimum Gasteiger partial charge on any atom is -0.507 e. The highest BCUT2D eigenvalue weighted by Crippen LogP contribution is 2.28. The van der Waals surface area contributed by atoms with E-state index in [1.54, 1.807) is 37.1 Å². The van der Waals surface area contributed by atoms with Gasteiger partial charge < -0.3 is 24.4 Å². The first kappa shape index (κ1) is 18.6. The Morgan fingerprint density at radius 1 is 1.04 bits per heavy atom. The van der Waals surface area contributed by atoms with E-state index in [0.29, 0.717) is 24.6 Å². The zero-order valence-corrected chi connectivity index (χ0v) is 15.5. The van der Waals surface area contributed by atoms with Crippen LogP contribution in [0.3, 0.4) is 0 Å². The van der Waals surface area contributed by atoms with E-state index in [4.69, 9.17) is 9.47 Å². The summed E-state index contributed by atoms with van der Waals surface area (Å²) in [5.74, 6) is 0.440. The van der Waals surface area contributed by atoms with Crippen molar-refractivity contribution in [2.45, 2.75) is 13.0 Å². The fourth-order valence-corrected chi connectivity index (χ4v) is 3.14. The highest BCUT2D eigenvalue weighted by Gasteiger charge is 2.36. The second-order valence-corrected chi connectivity index (χ2v) is 6.25. The number of hydrogen-bond acceptors (Lipinski definition) is 5. The molecule has 0 bridgehead atoms. The van der Waals surface area contributed by atoms with Crippen molar-refractivity contribution in [3.8, 4) is 17.2 Å². The highest BCUT2D eigenvalue weighted by atomic mass is 16.5. The third kappa shape index (κ3) is 3.53. The van der Waals surface area contributed by atoms with Crippen molar-refractivity contribution in [2.75, 3.05) is 32.2 Å². The molecule has 27 heavy (non-hydrogen) atoms. The molecule has 1 fully saturated rings. The smallest absolute Gasteiger partial charge is 0.258 e. The lowest BCUT2D eigenvalue weighted by atomic mass is 10.1. The standard InChI is InChI=1S/C20H22N2O5/c1-13-19(24)22(14-4-6-15(26-2)7-5-14)11-10-21(13)20(25)17-9-8-16(27-3)12-18(17)23/h4-9,12-13,23H,10-11H2,1-3H3/t13-/m1/s1. The van der Waals surface area contributed by atoms with Crippen LogP contribution in [0.2, 0.25) is 0 Å². The van der Waals surface area contributed by atoms with Gasteiger partial charge in [-0.25, -0.2) is 0 Å². The van der Waals surface area contributed by atoms with E-state index < -0.39 is 6.04 Å². The fraction of sp³-hybridized carbons (Fsp3) is 0.300. The number of nitrogens with zero attached hydrogens (tertiary/aromatic N) is 2. The number of amides is 2. The molecule has 0 spiro atoms. The third-order valence-corrected chi connectivity index (χ3v) is 4.74. The molecule has 1 saturated heterocycles. The van der Waals surface area contributed by atoms with E-state index in [1.165, 1.54) is 24.1 Å². The summed E-state index contributed by atoms with van der Waals surface area (Å²) in [7, 11) is 3.07. The number of anilines is 1. The summed E-state index contributed by atoms with van der Waals surface area (Å²) in [5.41, 5.74) is 0.903. The maximum absolute atomic E-state index is 12.8. The van der Waals surface area contributed by atoms with Gasteiger partial charge in [0.05, 0.1) is 19.8 Å². The zero-order valence-electron chi connectivity index (χ0n) is 15.5. The first-order valence-electron chi connectivity index (χ1n) is 8.59. The van der Waals surface area contributed by atoms with Gasteiger partial charge in [-0.3, -0.25) is 9.59 Å². The summed E-state index contributed by atoms with van der Waals surface area (Å²) < 4.78 is 10.2. The lowest BCUT2D eigenvalue weighted by Gasteiger charge is -2.39. The van der Waals surface area contributed by atoms with Crippen LogP contribution in [0.1, 0.15) is 17.3 Å². The summed E-state index contributed by atoms with van der Waals surface area (Å²) in [6.45, 7) is 2.43. The Balaban J connectivity index is 1.78. The van der Waals surface area contributed by atoms with E-state index >= 15 is 0 Å². The number of ether oxygens (including phenoxy) is 2. The van der Waals surface area contributed by atoms with Crippen molar-refractivity contribution >= 4 is 17.5 Å². The van der Waals surface area contributed by atoms with Crippen molar-refractivity contribution in [3.05, 3.63) is 48.0 Å². The van der Waals surface area contributed by atoms with Crippen LogP contribution in [0, 0.1) is 0 Å². The molecule has 7 nitrogen and oxygen atoms in total. The molecule has 2 aromatic rings. The van der Waals surface area contributed by atoms with Crippen LogP contribution in [0.4, 0.5) is 5.69 Å². The normalized spacial score (nSPS) is 17.0. The first-order chi connectivity index (χ1) is 13.0. The van der Waals surface area contributed by atoms with Crippen LogP contribution in [0.5, 0.6) is 17.2 Å². The van der Waals surface area contributed by atoms with E-state index in [-0.39, 0.29) is 23.1 Å². The molecule has 3 rings (SSSR count). The molecule has 1 aliphatic heterocycles. The summed E-state index contributed by atoms with van der Waals surface area (Å²) in [6, 6.07) is 11.1. The van der Waals surface area contributed by atoms with Gasteiger partial charge in [0.1, 0.15) is 23.3 Å². The van der Waals surface area contributed by atoms with E-state index in [0.717, 1.165) is 5.69 Å². The number of rotatable bonds is 4. The number of carbonyl (C=O) groups excluding carboxylic acids is 2. The van der Waals surface area contributed by atoms with Crippen LogP contribution in [-0.4, -0.2) is 55.2 Å². The molecule has 0 radical (unpaired) electrons. The molecular formula is C20H22N2O5. The van der Waals surface area contributed by atoms with Gasteiger partial charge in [0.15, 0.2) is 0 Å². The van der Waals surface area contributed by atoms with Gasteiger partial charge in [0, 0.05) is 24.8 Å². The van der Waals surface area contributed by atoms with Crippen molar-refractivity contribution in [1.29, 1.82) is 0 Å². The van der Waals surface area contributed by atoms with Crippen LogP contribution < -0.4 is 14.4 Å². The Labute approximate surface area is 157 Å². The predicted octanol–water partition coefficient (Wildman–Crippen LogP) is 2.29. The monoisotopic (exact) mass is 370 g/mol. The maximum Gasteiger partial charge on any atom is 0.258 e. The lowest BCUT2D eigenvalue weighted by Crippen LogP contribution is -2.57. The molecule has 1 aliphatic rings. The second-order valence-electron chi connectivity index (χ2n) is 6.25. The topological polar surface area (TPSA) is 79.3 Å². The van der Waals surface area contributed by atoms with Gasteiger partial charge in [0.2, 0.25) is 5.91 Å². The van der Waals surface area contributed by atoms with Gasteiger partial charge in [-0.1, -0.05) is 0 Å². The van der Waals surface area contributed by atoms with Crippen LogP contribution >= 0.6 is 0 Å². The molecule has 0 saturated carbocycles. The summed E-state index contributed by atoms with van der Waals surface area (Å²) in [6.07, 6.45) is 0. The second kappa shape index (κ2) is 7.57. The fourth-order valence-electron chi connectivity index (χ4n) is 3.14. The van der Waals surface area contributed by atoms with Gasteiger partial charge in [-0.15, -0.1) is 0 Å². The number of aromatic hydroxyl groups is 1. The number of methoxy groups -OCH3 is 2. The number of carbonyl (C=O) groups is 2. The first-order valence-corrected chi connectivity index (χ1v) is 8.59. The molecule has 2 amide bonds. The predicted molar refractivity (Wildman–Crippen MR) is 101 cm³/mol. The molecule has 7 heteroatoms. The largest absolute Gasteiger partial charge is 0.507 e. The lowest BCUT2D eigenvalue weighted by molar-refractivity contribution is -0.124. The summed E-state index contributed by atoms with van der Waals surface area (Å²) in [5, 5.41) is 10.1. The third-order valence-electron chi connectivity index (χ3n) is 4.74. The molecule has 2 aromatic carbocycles. The highest BCUT2D eigenvalue weighted by molar-refractivity contribution is 6.04. The van der Waals surface area contributed by atoms with Gasteiger partial charge in [-0.2, -0.15) is 0 Å².